The molecule has 0 fully saturated rings. The first-order valence-electron chi connectivity index (χ1n) is 4.96. The molecule has 0 spiro atoms. The van der Waals surface area contributed by atoms with Gasteiger partial charge in [-0.25, -0.2) is 9.59 Å². The summed E-state index contributed by atoms with van der Waals surface area (Å²) in [7, 11) is 0. The van der Waals surface area contributed by atoms with Crippen molar-refractivity contribution < 1.29 is 34.4 Å². The number of aliphatic hydroxyl groups excluding tert-OH is 3. The van der Waals surface area contributed by atoms with Crippen molar-refractivity contribution in [3.63, 3.8) is 0 Å². The van der Waals surface area contributed by atoms with E-state index in [2.05, 4.69) is 21.8 Å². The van der Waals surface area contributed by atoms with E-state index in [1.165, 1.54) is 13.8 Å². The number of ether oxygens (including phenoxy) is 2. The summed E-state index contributed by atoms with van der Waals surface area (Å²) in [4.78, 5) is 20.9. The highest BCUT2D eigenvalue weighted by molar-refractivity contribution is 5.87. The van der Waals surface area contributed by atoms with Crippen LogP contribution in [0.3, 0.4) is 0 Å². The molecule has 0 aromatic carbocycles. The smallest absolute Gasteiger partial charge is 0.407 e. The van der Waals surface area contributed by atoms with Gasteiger partial charge in [0.1, 0.15) is 6.10 Å². The van der Waals surface area contributed by atoms with Gasteiger partial charge < -0.3 is 30.5 Å². The molecule has 0 aliphatic carbocycles. The normalized spacial score (nSPS) is 11.0. The Balaban J connectivity index is 0. The third-order valence-corrected chi connectivity index (χ3v) is 1.33. The second-order valence-electron chi connectivity index (χ2n) is 3.21. The maximum Gasteiger partial charge on any atom is 0.407 e. The first-order chi connectivity index (χ1) is 8.24. The molecule has 1 atom stereocenters. The van der Waals surface area contributed by atoms with Crippen molar-refractivity contribution in [2.45, 2.75) is 26.2 Å². The van der Waals surface area contributed by atoms with Crippen LogP contribution in [0, 0.1) is 0 Å². The molecule has 106 valence electrons. The summed E-state index contributed by atoms with van der Waals surface area (Å²) >= 11 is 0. The minimum absolute atomic E-state index is 0.231. The molecule has 18 heavy (non-hydrogen) atoms. The molecule has 0 heterocycles. The van der Waals surface area contributed by atoms with Gasteiger partial charge >= 0.3 is 12.1 Å². The predicted molar refractivity (Wildman–Crippen MR) is 61.2 cm³/mol. The molecule has 8 nitrogen and oxygen atoms in total. The lowest BCUT2D eigenvalue weighted by Gasteiger charge is -2.11. The largest absolute Gasteiger partial charge is 0.422 e. The van der Waals surface area contributed by atoms with Crippen LogP contribution in [0.15, 0.2) is 12.2 Å². The first kappa shape index (κ1) is 18.7. The van der Waals surface area contributed by atoms with E-state index >= 15 is 0 Å². The second-order valence-corrected chi connectivity index (χ2v) is 3.21. The van der Waals surface area contributed by atoms with Gasteiger partial charge in [-0.1, -0.05) is 6.58 Å². The van der Waals surface area contributed by atoms with Crippen LogP contribution < -0.4 is 5.73 Å². The van der Waals surface area contributed by atoms with E-state index in [0.717, 1.165) is 0 Å². The number of primary amides is 1. The Morgan fingerprint density at radius 3 is 1.94 bits per heavy atom. The Kier molecular flexibility index (Phi) is 10.9. The molecule has 0 aromatic heterocycles. The molecule has 0 bridgehead atoms. The van der Waals surface area contributed by atoms with E-state index in [1.807, 2.05) is 0 Å². The number of nitrogens with two attached hydrogens (primary N) is 1. The highest BCUT2D eigenvalue weighted by atomic mass is 16.7. The zero-order valence-electron chi connectivity index (χ0n) is 10.3. The molecule has 5 N–H and O–H groups in total. The van der Waals surface area contributed by atoms with Crippen molar-refractivity contribution in [1.29, 1.82) is 0 Å². The lowest BCUT2D eigenvalue weighted by atomic mass is 10.4. The van der Waals surface area contributed by atoms with Crippen LogP contribution in [-0.4, -0.2) is 53.0 Å². The molecular formula is C10H19NO7. The van der Waals surface area contributed by atoms with Gasteiger partial charge in [-0.2, -0.15) is 0 Å². The lowest BCUT2D eigenvalue weighted by Crippen LogP contribution is -2.25. The van der Waals surface area contributed by atoms with Gasteiger partial charge in [-0.05, 0) is 6.92 Å². The fraction of sp³-hybridized carbons (Fsp3) is 0.600. The molecule has 0 aromatic rings. The van der Waals surface area contributed by atoms with Crippen molar-refractivity contribution in [2.24, 2.45) is 5.73 Å². The summed E-state index contributed by atoms with van der Waals surface area (Å²) < 4.78 is 8.89. The van der Waals surface area contributed by atoms with Crippen molar-refractivity contribution in [2.75, 3.05) is 13.2 Å². The van der Waals surface area contributed by atoms with Gasteiger partial charge in [0.25, 0.3) is 0 Å². The Bertz CT molecular complexity index is 275. The zero-order valence-corrected chi connectivity index (χ0v) is 10.3. The molecule has 1 amide bonds. The number of aliphatic hydroxyl groups is 3. The predicted octanol–water partition coefficient (Wildman–Crippen LogP) is -1.12. The number of carbonyl (C=O) groups excluding carboxylic acids is 2. The van der Waals surface area contributed by atoms with Crippen LogP contribution in [0.2, 0.25) is 0 Å². The highest BCUT2D eigenvalue weighted by Gasteiger charge is 2.11. The first-order valence-corrected chi connectivity index (χ1v) is 4.96. The lowest BCUT2D eigenvalue weighted by molar-refractivity contribution is -0.159. The molecule has 0 radical (unpaired) electrons. The SMILES string of the molecule is C=C(C)C(=O)OC(C)OC(N)=O.OCC(O)CO. The molecule has 0 saturated heterocycles. The number of rotatable bonds is 5. The third kappa shape index (κ3) is 12.4. The van der Waals surface area contributed by atoms with E-state index in [-0.39, 0.29) is 18.8 Å². The van der Waals surface area contributed by atoms with Crippen molar-refractivity contribution in [3.05, 3.63) is 12.2 Å². The van der Waals surface area contributed by atoms with Crippen LogP contribution in [0.25, 0.3) is 0 Å². The van der Waals surface area contributed by atoms with Crippen molar-refractivity contribution in [3.8, 4) is 0 Å². The Morgan fingerprint density at radius 1 is 1.28 bits per heavy atom. The number of esters is 1. The second kappa shape index (κ2) is 10.5. The van der Waals surface area contributed by atoms with Crippen molar-refractivity contribution in [1.82, 2.24) is 0 Å². The third-order valence-electron chi connectivity index (χ3n) is 1.33. The molecule has 0 aliphatic rings. The quantitative estimate of drug-likeness (QED) is 0.280. The molecule has 0 rings (SSSR count). The topological polar surface area (TPSA) is 139 Å². The minimum atomic E-state index is -0.989. The summed E-state index contributed by atoms with van der Waals surface area (Å²) in [6, 6.07) is 0. The van der Waals surface area contributed by atoms with E-state index in [9.17, 15) is 9.59 Å². The van der Waals surface area contributed by atoms with Gasteiger partial charge in [-0.15, -0.1) is 0 Å². The summed E-state index contributed by atoms with van der Waals surface area (Å²) in [6.07, 6.45) is -2.92. The van der Waals surface area contributed by atoms with Crippen LogP contribution in [0.1, 0.15) is 13.8 Å². The number of hydrogen-bond donors (Lipinski definition) is 4. The Hall–Kier alpha value is -1.64. The maximum absolute atomic E-state index is 10.8. The highest BCUT2D eigenvalue weighted by Crippen LogP contribution is 1.99. The fourth-order valence-electron chi connectivity index (χ4n) is 0.497. The number of amides is 1. The van der Waals surface area contributed by atoms with Crippen LogP contribution in [-0.2, 0) is 14.3 Å². The van der Waals surface area contributed by atoms with E-state index < -0.39 is 24.5 Å². The van der Waals surface area contributed by atoms with Gasteiger partial charge in [0.15, 0.2) is 0 Å². The minimum Gasteiger partial charge on any atom is -0.422 e. The molecule has 0 saturated carbocycles. The maximum atomic E-state index is 10.8. The van der Waals surface area contributed by atoms with Crippen LogP contribution >= 0.6 is 0 Å². The average molecular weight is 265 g/mol. The summed E-state index contributed by atoms with van der Waals surface area (Å²) in [5, 5.41) is 24.0. The zero-order chi connectivity index (χ0) is 14.7. The van der Waals surface area contributed by atoms with E-state index in [4.69, 9.17) is 15.3 Å². The molecule has 1 unspecified atom stereocenters. The average Bonchev–Trinajstić information content (AvgIpc) is 2.27. The summed E-state index contributed by atoms with van der Waals surface area (Å²) in [5.41, 5.74) is 4.90. The summed E-state index contributed by atoms with van der Waals surface area (Å²) in [6.45, 7) is 5.48. The molecule has 8 heteroatoms. The van der Waals surface area contributed by atoms with Crippen LogP contribution in [0.4, 0.5) is 4.79 Å². The van der Waals surface area contributed by atoms with Crippen LogP contribution in [0.5, 0.6) is 0 Å². The standard InChI is InChI=1S/C7H11NO4.C3H8O3/c1-4(2)6(9)11-5(3)12-7(8)10;4-1-3(6)2-5/h5H,1H2,2-3H3,(H2,8,10);3-6H,1-2H2. The molecule has 0 aliphatic heterocycles. The fourth-order valence-corrected chi connectivity index (χ4v) is 0.497. The van der Waals surface area contributed by atoms with Crippen molar-refractivity contribution >= 4 is 12.1 Å². The van der Waals surface area contributed by atoms with Gasteiger partial charge in [0.05, 0.1) is 13.2 Å². The molecular weight excluding hydrogens is 246 g/mol. The number of carbonyl (C=O) groups is 2. The monoisotopic (exact) mass is 265 g/mol. The summed E-state index contributed by atoms with van der Waals surface area (Å²) in [5.74, 6) is -0.622. The number of hydrogen-bond acceptors (Lipinski definition) is 7. The Labute approximate surface area is 105 Å². The van der Waals surface area contributed by atoms with Gasteiger partial charge in [0.2, 0.25) is 6.29 Å². The van der Waals surface area contributed by atoms with Gasteiger partial charge in [0, 0.05) is 12.5 Å². The van der Waals surface area contributed by atoms with Gasteiger partial charge in [-0.3, -0.25) is 0 Å². The Morgan fingerprint density at radius 2 is 1.72 bits per heavy atom. The van der Waals surface area contributed by atoms with E-state index in [1.54, 1.807) is 0 Å². The van der Waals surface area contributed by atoms with E-state index in [0.29, 0.717) is 0 Å².